The summed E-state index contributed by atoms with van der Waals surface area (Å²) in [6.45, 7) is 2.87. The lowest BCUT2D eigenvalue weighted by Gasteiger charge is -2.36. The lowest BCUT2D eigenvalue weighted by Crippen LogP contribution is -2.33. The highest BCUT2D eigenvalue weighted by molar-refractivity contribution is 5.81. The van der Waals surface area contributed by atoms with Gasteiger partial charge >= 0.3 is 0 Å². The number of nitrogens with two attached hydrogens (primary N) is 1. The van der Waals surface area contributed by atoms with Crippen molar-refractivity contribution in [3.63, 3.8) is 0 Å². The number of ether oxygens (including phenoxy) is 1. The number of hydrogen-bond acceptors (Lipinski definition) is 3. The van der Waals surface area contributed by atoms with E-state index in [2.05, 4.69) is 36.2 Å². The summed E-state index contributed by atoms with van der Waals surface area (Å²) in [5.41, 5.74) is 8.62. The van der Waals surface area contributed by atoms with E-state index < -0.39 is 0 Å². The Bertz CT molecular complexity index is 573. The van der Waals surface area contributed by atoms with E-state index in [1.807, 2.05) is 12.3 Å². The normalized spacial score (nSPS) is 23.5. The molecule has 1 saturated carbocycles. The van der Waals surface area contributed by atoms with E-state index in [9.17, 15) is 0 Å². The van der Waals surface area contributed by atoms with Gasteiger partial charge in [0, 0.05) is 24.2 Å². The minimum Gasteiger partial charge on any atom is -0.378 e. The van der Waals surface area contributed by atoms with Gasteiger partial charge in [0.2, 0.25) is 0 Å². The molecule has 1 atom stereocenters. The van der Waals surface area contributed by atoms with E-state index in [-0.39, 0.29) is 6.04 Å². The summed E-state index contributed by atoms with van der Waals surface area (Å²) in [4.78, 5) is 4.49. The van der Waals surface area contributed by atoms with Crippen LogP contribution in [0.2, 0.25) is 0 Å². The topological polar surface area (TPSA) is 48.1 Å². The first-order valence-corrected chi connectivity index (χ1v) is 7.48. The Morgan fingerprint density at radius 2 is 2.10 bits per heavy atom. The highest BCUT2D eigenvalue weighted by Crippen LogP contribution is 2.37. The molecule has 1 aliphatic rings. The number of rotatable bonds is 5. The molecule has 0 radical (unpaired) electrons. The third kappa shape index (κ3) is 2.69. The third-order valence-corrected chi connectivity index (χ3v) is 4.25. The van der Waals surface area contributed by atoms with Crippen LogP contribution >= 0.6 is 0 Å². The molecule has 1 unspecified atom stereocenters. The first-order chi connectivity index (χ1) is 9.78. The minimum atomic E-state index is 0.0705. The first kappa shape index (κ1) is 13.5. The van der Waals surface area contributed by atoms with Crippen LogP contribution in [-0.2, 0) is 4.74 Å². The molecule has 1 heterocycles. The maximum atomic E-state index is 6.41. The zero-order valence-corrected chi connectivity index (χ0v) is 12.0. The van der Waals surface area contributed by atoms with Crippen molar-refractivity contribution in [3.8, 4) is 0 Å². The van der Waals surface area contributed by atoms with Crippen molar-refractivity contribution in [1.29, 1.82) is 0 Å². The van der Waals surface area contributed by atoms with Crippen molar-refractivity contribution in [1.82, 2.24) is 4.98 Å². The van der Waals surface area contributed by atoms with Crippen molar-refractivity contribution >= 4 is 10.9 Å². The van der Waals surface area contributed by atoms with E-state index in [1.165, 1.54) is 10.9 Å². The Labute approximate surface area is 120 Å². The summed E-state index contributed by atoms with van der Waals surface area (Å²) < 4.78 is 5.61. The van der Waals surface area contributed by atoms with Gasteiger partial charge in [-0.25, -0.2) is 0 Å². The SMILES string of the molecule is CCOC1CC(CC(N)c2cccc3cccnc23)C1. The number of nitrogens with zero attached hydrogens (tertiary/aromatic N) is 1. The van der Waals surface area contributed by atoms with Crippen LogP contribution in [0.25, 0.3) is 10.9 Å². The third-order valence-electron chi connectivity index (χ3n) is 4.25. The highest BCUT2D eigenvalue weighted by Gasteiger charge is 2.31. The van der Waals surface area contributed by atoms with E-state index in [0.29, 0.717) is 12.0 Å². The predicted molar refractivity (Wildman–Crippen MR) is 81.4 cm³/mol. The molecule has 0 spiro atoms. The summed E-state index contributed by atoms with van der Waals surface area (Å²) >= 11 is 0. The van der Waals surface area contributed by atoms with E-state index in [4.69, 9.17) is 10.5 Å². The Hall–Kier alpha value is -1.45. The molecule has 20 heavy (non-hydrogen) atoms. The van der Waals surface area contributed by atoms with Crippen LogP contribution in [0.5, 0.6) is 0 Å². The number of aromatic nitrogens is 1. The molecule has 2 N–H and O–H groups in total. The number of para-hydroxylation sites is 1. The van der Waals surface area contributed by atoms with E-state index in [1.54, 1.807) is 0 Å². The maximum Gasteiger partial charge on any atom is 0.0749 e. The zero-order valence-electron chi connectivity index (χ0n) is 12.0. The molecule has 0 aliphatic heterocycles. The molecule has 1 fully saturated rings. The number of pyridine rings is 1. The van der Waals surface area contributed by atoms with Gasteiger partial charge in [-0.05, 0) is 43.7 Å². The van der Waals surface area contributed by atoms with Crippen molar-refractivity contribution in [2.75, 3.05) is 6.61 Å². The second-order valence-electron chi connectivity index (χ2n) is 5.68. The summed E-state index contributed by atoms with van der Waals surface area (Å²) in [6, 6.07) is 10.4. The van der Waals surface area contributed by atoms with Gasteiger partial charge < -0.3 is 10.5 Å². The summed E-state index contributed by atoms with van der Waals surface area (Å²) in [5, 5.41) is 1.17. The van der Waals surface area contributed by atoms with E-state index in [0.717, 1.165) is 31.4 Å². The monoisotopic (exact) mass is 270 g/mol. The molecule has 0 saturated heterocycles. The fourth-order valence-electron chi connectivity index (χ4n) is 3.15. The van der Waals surface area contributed by atoms with Gasteiger partial charge in [-0.2, -0.15) is 0 Å². The second-order valence-corrected chi connectivity index (χ2v) is 5.68. The number of benzene rings is 1. The van der Waals surface area contributed by atoms with Gasteiger partial charge in [0.25, 0.3) is 0 Å². The molecule has 1 aromatic carbocycles. The Morgan fingerprint density at radius 3 is 2.90 bits per heavy atom. The van der Waals surface area contributed by atoms with Crippen LogP contribution in [-0.4, -0.2) is 17.7 Å². The fraction of sp³-hybridized carbons (Fsp3) is 0.471. The van der Waals surface area contributed by atoms with Crippen molar-refractivity contribution in [2.45, 2.75) is 38.3 Å². The van der Waals surface area contributed by atoms with Crippen LogP contribution in [0.1, 0.15) is 37.8 Å². The van der Waals surface area contributed by atoms with Gasteiger partial charge in [0.15, 0.2) is 0 Å². The Kier molecular flexibility index (Phi) is 3.99. The average molecular weight is 270 g/mol. The molecule has 1 aromatic heterocycles. The van der Waals surface area contributed by atoms with Crippen LogP contribution in [0.15, 0.2) is 36.5 Å². The quantitative estimate of drug-likeness (QED) is 0.905. The smallest absolute Gasteiger partial charge is 0.0749 e. The largest absolute Gasteiger partial charge is 0.378 e. The van der Waals surface area contributed by atoms with Gasteiger partial charge in [-0.1, -0.05) is 24.3 Å². The van der Waals surface area contributed by atoms with Crippen molar-refractivity contribution in [3.05, 3.63) is 42.1 Å². The second kappa shape index (κ2) is 5.90. The molecule has 3 rings (SSSR count). The molecule has 3 heteroatoms. The molecule has 106 valence electrons. The summed E-state index contributed by atoms with van der Waals surface area (Å²) in [6.07, 6.45) is 5.63. The predicted octanol–water partition coefficient (Wildman–Crippen LogP) is 3.44. The van der Waals surface area contributed by atoms with Gasteiger partial charge in [-0.15, -0.1) is 0 Å². The minimum absolute atomic E-state index is 0.0705. The summed E-state index contributed by atoms with van der Waals surface area (Å²) in [5.74, 6) is 0.695. The van der Waals surface area contributed by atoms with Gasteiger partial charge in [0.05, 0.1) is 11.6 Å². The molecule has 3 nitrogen and oxygen atoms in total. The molecule has 0 bridgehead atoms. The number of hydrogen-bond donors (Lipinski definition) is 1. The van der Waals surface area contributed by atoms with Crippen LogP contribution in [0, 0.1) is 5.92 Å². The van der Waals surface area contributed by atoms with Crippen molar-refractivity contribution < 1.29 is 4.74 Å². The summed E-state index contributed by atoms with van der Waals surface area (Å²) in [7, 11) is 0. The lowest BCUT2D eigenvalue weighted by atomic mass is 9.77. The van der Waals surface area contributed by atoms with Gasteiger partial charge in [-0.3, -0.25) is 4.98 Å². The Balaban J connectivity index is 1.69. The van der Waals surface area contributed by atoms with Crippen LogP contribution < -0.4 is 5.73 Å². The first-order valence-electron chi connectivity index (χ1n) is 7.48. The maximum absolute atomic E-state index is 6.41. The number of fused-ring (bicyclic) bond motifs is 1. The average Bonchev–Trinajstić information content (AvgIpc) is 2.44. The Morgan fingerprint density at radius 1 is 1.30 bits per heavy atom. The van der Waals surface area contributed by atoms with Crippen LogP contribution in [0.4, 0.5) is 0 Å². The molecule has 2 aromatic rings. The molecular weight excluding hydrogens is 248 g/mol. The molecular formula is C17H22N2O. The fourth-order valence-corrected chi connectivity index (χ4v) is 3.15. The zero-order chi connectivity index (χ0) is 13.9. The van der Waals surface area contributed by atoms with E-state index >= 15 is 0 Å². The lowest BCUT2D eigenvalue weighted by molar-refractivity contribution is -0.0281. The molecule has 1 aliphatic carbocycles. The van der Waals surface area contributed by atoms with Gasteiger partial charge in [0.1, 0.15) is 0 Å². The van der Waals surface area contributed by atoms with Crippen molar-refractivity contribution in [2.24, 2.45) is 11.7 Å². The highest BCUT2D eigenvalue weighted by atomic mass is 16.5. The standard InChI is InChI=1S/C17H22N2O/c1-2-20-14-9-12(10-14)11-16(18)15-7-3-5-13-6-4-8-19-17(13)15/h3-8,12,14,16H,2,9-11,18H2,1H3. The molecule has 0 amide bonds. The van der Waals surface area contributed by atoms with Crippen LogP contribution in [0.3, 0.4) is 0 Å².